The summed E-state index contributed by atoms with van der Waals surface area (Å²) in [5, 5.41) is 5.91. The zero-order valence-electron chi connectivity index (χ0n) is 11.5. The standard InChI is InChI=1S/C17H14Cl2N2/c1-11(12-4-2-6-14(18)8-12)21-16-10-15(19)9-13-5-3-7-20-17(13)16/h2-11,21H,1H3. The highest BCUT2D eigenvalue weighted by atomic mass is 35.5. The van der Waals surface area contributed by atoms with Gasteiger partial charge in [-0.05, 0) is 42.8 Å². The van der Waals surface area contributed by atoms with E-state index < -0.39 is 0 Å². The van der Waals surface area contributed by atoms with E-state index >= 15 is 0 Å². The van der Waals surface area contributed by atoms with Crippen molar-refractivity contribution in [3.8, 4) is 0 Å². The molecular formula is C17H14Cl2N2. The maximum Gasteiger partial charge on any atom is 0.0934 e. The van der Waals surface area contributed by atoms with Crippen molar-refractivity contribution in [2.24, 2.45) is 0 Å². The summed E-state index contributed by atoms with van der Waals surface area (Å²) in [6.07, 6.45) is 1.78. The van der Waals surface area contributed by atoms with Crippen molar-refractivity contribution in [1.82, 2.24) is 4.98 Å². The van der Waals surface area contributed by atoms with Gasteiger partial charge >= 0.3 is 0 Å². The van der Waals surface area contributed by atoms with E-state index in [0.29, 0.717) is 5.02 Å². The van der Waals surface area contributed by atoms with Crippen LogP contribution in [-0.2, 0) is 0 Å². The average Bonchev–Trinajstić information content (AvgIpc) is 2.47. The van der Waals surface area contributed by atoms with Crippen LogP contribution in [0.15, 0.2) is 54.7 Å². The first kappa shape index (κ1) is 14.2. The van der Waals surface area contributed by atoms with Crippen LogP contribution in [0.3, 0.4) is 0 Å². The van der Waals surface area contributed by atoms with E-state index in [1.54, 1.807) is 6.20 Å². The number of benzene rings is 2. The lowest BCUT2D eigenvalue weighted by Gasteiger charge is -2.17. The predicted octanol–water partition coefficient (Wildman–Crippen LogP) is 5.71. The number of fused-ring (bicyclic) bond motifs is 1. The highest BCUT2D eigenvalue weighted by Gasteiger charge is 2.10. The molecule has 1 heterocycles. The maximum atomic E-state index is 6.19. The van der Waals surface area contributed by atoms with Gasteiger partial charge in [0.05, 0.1) is 11.2 Å². The third kappa shape index (κ3) is 3.12. The number of hydrogen-bond donors (Lipinski definition) is 1. The first-order valence-corrected chi connectivity index (χ1v) is 7.45. The van der Waals surface area contributed by atoms with Gasteiger partial charge in [0.25, 0.3) is 0 Å². The summed E-state index contributed by atoms with van der Waals surface area (Å²) in [4.78, 5) is 4.44. The lowest BCUT2D eigenvalue weighted by molar-refractivity contribution is 0.886. The summed E-state index contributed by atoms with van der Waals surface area (Å²) in [6.45, 7) is 2.08. The summed E-state index contributed by atoms with van der Waals surface area (Å²) >= 11 is 12.2. The van der Waals surface area contributed by atoms with Gasteiger partial charge in [-0.15, -0.1) is 0 Å². The van der Waals surface area contributed by atoms with E-state index in [1.807, 2.05) is 48.5 Å². The zero-order valence-corrected chi connectivity index (χ0v) is 13.0. The fraction of sp³-hybridized carbons (Fsp3) is 0.118. The molecule has 0 fully saturated rings. The minimum absolute atomic E-state index is 0.104. The number of halogens is 2. The minimum atomic E-state index is 0.104. The molecule has 0 bridgehead atoms. The van der Waals surface area contributed by atoms with Gasteiger partial charge in [-0.25, -0.2) is 0 Å². The molecule has 0 saturated heterocycles. The van der Waals surface area contributed by atoms with Gasteiger partial charge < -0.3 is 5.32 Å². The fourth-order valence-corrected chi connectivity index (χ4v) is 2.78. The van der Waals surface area contributed by atoms with Crippen molar-refractivity contribution in [2.75, 3.05) is 5.32 Å². The van der Waals surface area contributed by atoms with Gasteiger partial charge in [-0.3, -0.25) is 4.98 Å². The molecule has 0 aliphatic carbocycles. The molecule has 0 aliphatic heterocycles. The molecule has 106 valence electrons. The number of rotatable bonds is 3. The predicted molar refractivity (Wildman–Crippen MR) is 90.2 cm³/mol. The van der Waals surface area contributed by atoms with E-state index in [1.165, 1.54) is 0 Å². The van der Waals surface area contributed by atoms with Gasteiger partial charge in [0.1, 0.15) is 0 Å². The van der Waals surface area contributed by atoms with Crippen LogP contribution in [0.5, 0.6) is 0 Å². The summed E-state index contributed by atoms with van der Waals surface area (Å²) in [6, 6.07) is 15.7. The van der Waals surface area contributed by atoms with Crippen LogP contribution in [0, 0.1) is 0 Å². The molecule has 0 radical (unpaired) electrons. The molecule has 21 heavy (non-hydrogen) atoms. The van der Waals surface area contributed by atoms with Crippen molar-refractivity contribution >= 4 is 39.8 Å². The number of anilines is 1. The topological polar surface area (TPSA) is 24.9 Å². The molecule has 1 atom stereocenters. The lowest BCUT2D eigenvalue weighted by atomic mass is 10.1. The first-order chi connectivity index (χ1) is 10.1. The Kier molecular flexibility index (Phi) is 4.00. The number of pyridine rings is 1. The highest BCUT2D eigenvalue weighted by Crippen LogP contribution is 2.29. The molecule has 2 nitrogen and oxygen atoms in total. The van der Waals surface area contributed by atoms with E-state index in [4.69, 9.17) is 23.2 Å². The molecule has 4 heteroatoms. The summed E-state index contributed by atoms with van der Waals surface area (Å²) in [5.41, 5.74) is 2.95. The Morgan fingerprint density at radius 1 is 1.00 bits per heavy atom. The molecule has 0 amide bonds. The lowest BCUT2D eigenvalue weighted by Crippen LogP contribution is -2.07. The van der Waals surface area contributed by atoms with E-state index in [0.717, 1.165) is 27.2 Å². The van der Waals surface area contributed by atoms with Crippen molar-refractivity contribution < 1.29 is 0 Å². The van der Waals surface area contributed by atoms with Crippen molar-refractivity contribution in [2.45, 2.75) is 13.0 Å². The quantitative estimate of drug-likeness (QED) is 0.669. The molecule has 3 rings (SSSR count). The zero-order chi connectivity index (χ0) is 14.8. The molecule has 3 aromatic rings. The van der Waals surface area contributed by atoms with E-state index in [9.17, 15) is 0 Å². The van der Waals surface area contributed by atoms with Crippen LogP contribution in [0.25, 0.3) is 10.9 Å². The summed E-state index contributed by atoms with van der Waals surface area (Å²) < 4.78 is 0. The normalized spacial score (nSPS) is 12.3. The molecule has 0 saturated carbocycles. The Labute approximate surface area is 133 Å². The minimum Gasteiger partial charge on any atom is -0.377 e. The Hall–Kier alpha value is -1.77. The number of nitrogens with one attached hydrogen (secondary N) is 1. The van der Waals surface area contributed by atoms with Crippen molar-refractivity contribution in [3.05, 3.63) is 70.3 Å². The van der Waals surface area contributed by atoms with E-state index in [-0.39, 0.29) is 6.04 Å². The second kappa shape index (κ2) is 5.92. The third-order valence-corrected chi connectivity index (χ3v) is 3.84. The largest absolute Gasteiger partial charge is 0.377 e. The Morgan fingerprint density at radius 2 is 1.86 bits per heavy atom. The maximum absolute atomic E-state index is 6.19. The van der Waals surface area contributed by atoms with Gasteiger partial charge in [0, 0.05) is 27.7 Å². The van der Waals surface area contributed by atoms with Crippen molar-refractivity contribution in [1.29, 1.82) is 0 Å². The number of hydrogen-bond acceptors (Lipinski definition) is 2. The van der Waals surface area contributed by atoms with Gasteiger partial charge in [0.15, 0.2) is 0 Å². The Morgan fingerprint density at radius 3 is 2.67 bits per heavy atom. The molecule has 0 spiro atoms. The summed E-state index contributed by atoms with van der Waals surface area (Å²) in [5.74, 6) is 0. The second-order valence-electron chi connectivity index (χ2n) is 4.95. The molecule has 1 N–H and O–H groups in total. The van der Waals surface area contributed by atoms with Gasteiger partial charge in [-0.2, -0.15) is 0 Å². The Bertz CT molecular complexity index is 787. The second-order valence-corrected chi connectivity index (χ2v) is 5.82. The molecule has 0 aliphatic rings. The summed E-state index contributed by atoms with van der Waals surface area (Å²) in [7, 11) is 0. The molecular weight excluding hydrogens is 303 g/mol. The smallest absolute Gasteiger partial charge is 0.0934 e. The third-order valence-electron chi connectivity index (χ3n) is 3.39. The number of aromatic nitrogens is 1. The average molecular weight is 317 g/mol. The van der Waals surface area contributed by atoms with Crippen LogP contribution in [0.1, 0.15) is 18.5 Å². The van der Waals surface area contributed by atoms with Crippen LogP contribution >= 0.6 is 23.2 Å². The number of nitrogens with zero attached hydrogens (tertiary/aromatic N) is 1. The van der Waals surface area contributed by atoms with Crippen LogP contribution < -0.4 is 5.32 Å². The fourth-order valence-electron chi connectivity index (χ4n) is 2.36. The van der Waals surface area contributed by atoms with Crippen molar-refractivity contribution in [3.63, 3.8) is 0 Å². The first-order valence-electron chi connectivity index (χ1n) is 6.70. The van der Waals surface area contributed by atoms with Gasteiger partial charge in [0.2, 0.25) is 0 Å². The van der Waals surface area contributed by atoms with Crippen LogP contribution in [0.4, 0.5) is 5.69 Å². The Balaban J connectivity index is 1.98. The highest BCUT2D eigenvalue weighted by molar-refractivity contribution is 6.32. The monoisotopic (exact) mass is 316 g/mol. The molecule has 1 unspecified atom stereocenters. The van der Waals surface area contributed by atoms with Crippen LogP contribution in [0.2, 0.25) is 10.0 Å². The molecule has 2 aromatic carbocycles. The molecule has 1 aromatic heterocycles. The van der Waals surface area contributed by atoms with Crippen LogP contribution in [-0.4, -0.2) is 4.98 Å². The van der Waals surface area contributed by atoms with E-state index in [2.05, 4.69) is 17.2 Å². The van der Waals surface area contributed by atoms with Gasteiger partial charge in [-0.1, -0.05) is 41.4 Å². The SMILES string of the molecule is CC(Nc1cc(Cl)cc2cccnc12)c1cccc(Cl)c1.